The molecule has 5 nitrogen and oxygen atoms in total. The monoisotopic (exact) mass is 1280 g/mol. The number of fused-ring (bicyclic) bond motifs is 1. The quantitative estimate of drug-likeness (QED) is 0.107. The van der Waals surface area contributed by atoms with Crippen molar-refractivity contribution < 1.29 is 25.8 Å². The Labute approximate surface area is 508 Å². The van der Waals surface area contributed by atoms with Crippen molar-refractivity contribution in [2.24, 2.45) is 0 Å². The van der Waals surface area contributed by atoms with Crippen molar-refractivity contribution in [3.8, 4) is 39.6 Å². The number of nitrogens with zero attached hydrogens (tertiary/aromatic N) is 4. The van der Waals surface area contributed by atoms with Gasteiger partial charge in [-0.1, -0.05) is 232 Å². The number of pyridine rings is 1. The molecule has 0 radical (unpaired) electrons. The standard InChI is InChI=1S/C76H73N4OSi.Pt/c1-73(2,3)52-38-39-77-69(45-52)80-65-36-25-37-67-70(65)71-66(80)47-58(48-68(71)82(67,59-30-18-14-19-31-59)60-32-20-15-21-33-60)81-57-29-24-28-56(46-57)78-49-79(64-35-23-22-34-63(64)78)72-61(50-26-16-13-17-27-50)43-55(76(10,11)12)44-62(72)51-40-53(74(4,5)6)42-54(41-51)75(7,8)9;/h13-36,38-45,48-49,67H,37H2,1-12H3;/q-3;. The SMILES string of the molecule is CC(C)(C)c1cc(-c2cc(C(C)(C)C)cc(-c3ccccc3)c2N2[CH-]N(c3[c-]c(Oc4[c-]c5c6c(c4)[Si](c4ccccc4)(c4ccccc4)C4CC=Cc(c64)n5-c4cc(C(C)(C)C)ccn4)ccc3)c3ccccc32)cc(C(C)(C)C)c1.[Pt]. The molecule has 7 heteroatoms. The summed E-state index contributed by atoms with van der Waals surface area (Å²) in [4.78, 5) is 9.81. The van der Waals surface area contributed by atoms with Crippen LogP contribution in [0.25, 0.3) is 45.1 Å². The van der Waals surface area contributed by atoms with Crippen LogP contribution in [0.3, 0.4) is 0 Å². The Balaban J connectivity index is 0.00000680. The van der Waals surface area contributed by atoms with Crippen LogP contribution in [0, 0.1) is 18.8 Å². The van der Waals surface area contributed by atoms with E-state index in [2.05, 4.69) is 304 Å². The zero-order valence-electron chi connectivity index (χ0n) is 49.9. The molecule has 4 heterocycles. The molecule has 8 aromatic carbocycles. The second kappa shape index (κ2) is 20.7. The summed E-state index contributed by atoms with van der Waals surface area (Å²) in [5, 5.41) is 5.42. The molecule has 0 saturated carbocycles. The Bertz CT molecular complexity index is 4060. The van der Waals surface area contributed by atoms with E-state index >= 15 is 0 Å². The van der Waals surface area contributed by atoms with Crippen LogP contribution in [0.5, 0.6) is 11.5 Å². The van der Waals surface area contributed by atoms with Gasteiger partial charge in [0, 0.05) is 72.6 Å². The number of benzene rings is 8. The first-order valence-corrected chi connectivity index (χ1v) is 31.3. The largest absolute Gasteiger partial charge is 0.509 e. The minimum absolute atomic E-state index is 0. The van der Waals surface area contributed by atoms with E-state index in [4.69, 9.17) is 9.72 Å². The minimum atomic E-state index is -2.78. The van der Waals surface area contributed by atoms with E-state index in [-0.39, 0.29) is 48.3 Å². The molecule has 83 heavy (non-hydrogen) atoms. The van der Waals surface area contributed by atoms with Crippen LogP contribution in [0.1, 0.15) is 129 Å². The van der Waals surface area contributed by atoms with Gasteiger partial charge in [-0.05, 0) is 109 Å². The van der Waals surface area contributed by atoms with Crippen LogP contribution < -0.4 is 30.1 Å². The number of aromatic nitrogens is 2. The van der Waals surface area contributed by atoms with E-state index in [0.717, 1.165) is 40.5 Å². The molecule has 0 fully saturated rings. The van der Waals surface area contributed by atoms with Crippen LogP contribution in [0.2, 0.25) is 0 Å². The molecule has 0 saturated heterocycles. The van der Waals surface area contributed by atoms with Gasteiger partial charge in [-0.25, -0.2) is 4.98 Å². The fraction of sp³-hybridized carbons (Fsp3) is 0.237. The van der Waals surface area contributed by atoms with Gasteiger partial charge in [-0.3, -0.25) is 0 Å². The van der Waals surface area contributed by atoms with Gasteiger partial charge in [0.15, 0.2) is 0 Å². The van der Waals surface area contributed by atoms with Crippen molar-refractivity contribution in [2.75, 3.05) is 9.80 Å². The molecule has 420 valence electrons. The van der Waals surface area contributed by atoms with Gasteiger partial charge >= 0.3 is 0 Å². The average Bonchev–Trinajstić information content (AvgIpc) is 2.32. The summed E-state index contributed by atoms with van der Waals surface area (Å²) in [5.41, 5.74) is 17.5. The molecule has 0 amide bonds. The maximum atomic E-state index is 7.26. The molecule has 13 rings (SSSR count). The van der Waals surface area contributed by atoms with Crippen LogP contribution in [0.15, 0.2) is 194 Å². The molecule has 2 aromatic heterocycles. The number of hydrogen-bond donors (Lipinski definition) is 0. The molecule has 0 bridgehead atoms. The van der Waals surface area contributed by atoms with Crippen molar-refractivity contribution in [2.45, 2.75) is 117 Å². The third kappa shape index (κ3) is 9.64. The van der Waals surface area contributed by atoms with Crippen LogP contribution in [-0.2, 0) is 42.7 Å². The minimum Gasteiger partial charge on any atom is -0.509 e. The maximum absolute atomic E-state index is 7.26. The topological polar surface area (TPSA) is 33.5 Å². The summed E-state index contributed by atoms with van der Waals surface area (Å²) in [6, 6.07) is 75.3. The maximum Gasteiger partial charge on any atom is 0.135 e. The van der Waals surface area contributed by atoms with Gasteiger partial charge in [-0.15, -0.1) is 53.3 Å². The first-order valence-electron chi connectivity index (χ1n) is 29.2. The third-order valence-corrected chi connectivity index (χ3v) is 22.7. The Morgan fingerprint density at radius 2 is 1.08 bits per heavy atom. The normalized spacial score (nSPS) is 15.4. The molecule has 1 atom stereocenters. The van der Waals surface area contributed by atoms with E-state index < -0.39 is 8.07 Å². The van der Waals surface area contributed by atoms with Gasteiger partial charge in [0.1, 0.15) is 13.9 Å². The number of para-hydroxylation sites is 2. The molecule has 1 unspecified atom stereocenters. The summed E-state index contributed by atoms with van der Waals surface area (Å²) in [7, 11) is -2.78. The summed E-state index contributed by atoms with van der Waals surface area (Å²) in [5.74, 6) is 2.16. The summed E-state index contributed by atoms with van der Waals surface area (Å²) < 4.78 is 9.62. The predicted molar refractivity (Wildman–Crippen MR) is 346 cm³/mol. The number of rotatable bonds is 9. The zero-order chi connectivity index (χ0) is 57.1. The van der Waals surface area contributed by atoms with E-state index in [1.165, 1.54) is 76.7 Å². The van der Waals surface area contributed by atoms with Gasteiger partial charge < -0.3 is 19.1 Å². The van der Waals surface area contributed by atoms with Crippen molar-refractivity contribution in [3.63, 3.8) is 0 Å². The molecule has 10 aromatic rings. The van der Waals surface area contributed by atoms with Crippen molar-refractivity contribution >= 4 is 63.4 Å². The molecule has 3 aliphatic rings. The van der Waals surface area contributed by atoms with Gasteiger partial charge in [0.05, 0.1) is 0 Å². The molecular formula is C76H73N4OPtSi-3. The summed E-state index contributed by atoms with van der Waals surface area (Å²) in [6.07, 6.45) is 7.64. The van der Waals surface area contributed by atoms with Gasteiger partial charge in [0.2, 0.25) is 0 Å². The van der Waals surface area contributed by atoms with E-state index in [0.29, 0.717) is 11.5 Å². The van der Waals surface area contributed by atoms with Crippen molar-refractivity contribution in [3.05, 3.63) is 247 Å². The molecule has 1 aliphatic carbocycles. The van der Waals surface area contributed by atoms with Crippen LogP contribution in [-0.4, -0.2) is 17.6 Å². The molecule has 2 aliphatic heterocycles. The Morgan fingerprint density at radius 1 is 0.530 bits per heavy atom. The molecule has 0 N–H and O–H groups in total. The first kappa shape index (κ1) is 56.0. The Morgan fingerprint density at radius 3 is 1.69 bits per heavy atom. The average molecular weight is 1280 g/mol. The number of allylic oxidation sites excluding steroid dienone is 1. The van der Waals surface area contributed by atoms with E-state index in [1.807, 2.05) is 12.3 Å². The summed E-state index contributed by atoms with van der Waals surface area (Å²) >= 11 is 0. The Hall–Kier alpha value is -7.50. The van der Waals surface area contributed by atoms with Gasteiger partial charge in [-0.2, -0.15) is 6.07 Å². The van der Waals surface area contributed by atoms with Crippen LogP contribution in [0.4, 0.5) is 22.7 Å². The molecular weight excluding hydrogens is 1210 g/mol. The summed E-state index contributed by atoms with van der Waals surface area (Å²) in [6.45, 7) is 30.0. The number of ether oxygens (including phenoxy) is 1. The number of anilines is 4. The predicted octanol–water partition coefficient (Wildman–Crippen LogP) is 17.9. The van der Waals surface area contributed by atoms with Crippen LogP contribution >= 0.6 is 0 Å². The van der Waals surface area contributed by atoms with Crippen molar-refractivity contribution in [1.29, 1.82) is 0 Å². The Kier molecular flexibility index (Phi) is 14.0. The second-order valence-corrected chi connectivity index (χ2v) is 31.0. The number of hydrogen-bond acceptors (Lipinski definition) is 4. The zero-order valence-corrected chi connectivity index (χ0v) is 53.2. The first-order chi connectivity index (χ1) is 39.2. The molecule has 0 spiro atoms. The van der Waals surface area contributed by atoms with E-state index in [9.17, 15) is 0 Å². The smallest absolute Gasteiger partial charge is 0.135 e. The fourth-order valence-corrected chi connectivity index (χ4v) is 18.8. The fourth-order valence-electron chi connectivity index (χ4n) is 13.1. The van der Waals surface area contributed by atoms with Crippen molar-refractivity contribution in [1.82, 2.24) is 9.55 Å². The third-order valence-electron chi connectivity index (χ3n) is 17.4. The van der Waals surface area contributed by atoms with E-state index in [1.54, 1.807) is 0 Å². The second-order valence-electron chi connectivity index (χ2n) is 27.0. The van der Waals surface area contributed by atoms with Gasteiger partial charge in [0.25, 0.3) is 0 Å².